The van der Waals surface area contributed by atoms with Crippen LogP contribution < -0.4 is 11.5 Å². The Bertz CT molecular complexity index is 843. The molecule has 4 N–H and O–H groups in total. The Morgan fingerprint density at radius 1 is 1.14 bits per heavy atom. The van der Waals surface area contributed by atoms with Crippen LogP contribution in [-0.4, -0.2) is 21.1 Å². The third-order valence-corrected chi connectivity index (χ3v) is 3.29. The maximum Gasteiger partial charge on any atom is 0.271 e. The zero-order valence-corrected chi connectivity index (χ0v) is 11.4. The highest BCUT2D eigenvalue weighted by Gasteiger charge is 2.14. The van der Waals surface area contributed by atoms with Gasteiger partial charge in [-0.25, -0.2) is 0 Å². The van der Waals surface area contributed by atoms with Gasteiger partial charge in [0.15, 0.2) is 5.69 Å². The molecular formula is C15H13N5O. The van der Waals surface area contributed by atoms with Crippen molar-refractivity contribution >= 4 is 22.5 Å². The van der Waals surface area contributed by atoms with Gasteiger partial charge in [0.2, 0.25) is 0 Å². The van der Waals surface area contributed by atoms with Gasteiger partial charge in [0.25, 0.3) is 5.91 Å². The van der Waals surface area contributed by atoms with Crippen LogP contribution >= 0.6 is 0 Å². The second-order valence-electron chi connectivity index (χ2n) is 4.72. The van der Waals surface area contributed by atoms with E-state index in [0.29, 0.717) is 10.9 Å². The smallest absolute Gasteiger partial charge is 0.271 e. The minimum Gasteiger partial charge on any atom is -0.396 e. The fraction of sp³-hybridized carbons (Fsp3) is 0.0667. The number of hydrogen-bond acceptors (Lipinski definition) is 5. The summed E-state index contributed by atoms with van der Waals surface area (Å²) in [5.41, 5.74) is 14.8. The van der Waals surface area contributed by atoms with Gasteiger partial charge in [-0.3, -0.25) is 9.78 Å². The molecular weight excluding hydrogens is 266 g/mol. The van der Waals surface area contributed by atoms with Crippen LogP contribution in [0.1, 0.15) is 16.2 Å². The Morgan fingerprint density at radius 3 is 2.62 bits per heavy atom. The number of amides is 1. The number of primary amides is 1. The summed E-state index contributed by atoms with van der Waals surface area (Å²) < 4.78 is 0. The highest BCUT2D eigenvalue weighted by atomic mass is 16.1. The SMILES string of the molecule is Cc1ccc(-c2cccc3c(N)c(C(N)=O)nnc23)cn1. The maximum absolute atomic E-state index is 11.3. The highest BCUT2D eigenvalue weighted by Crippen LogP contribution is 2.30. The van der Waals surface area contributed by atoms with E-state index < -0.39 is 5.91 Å². The number of fused-ring (bicyclic) bond motifs is 1. The summed E-state index contributed by atoms with van der Waals surface area (Å²) in [5.74, 6) is -0.690. The zero-order chi connectivity index (χ0) is 15.0. The highest BCUT2D eigenvalue weighted by molar-refractivity contribution is 6.06. The summed E-state index contributed by atoms with van der Waals surface area (Å²) in [7, 11) is 0. The molecule has 6 heteroatoms. The van der Waals surface area contributed by atoms with Gasteiger partial charge >= 0.3 is 0 Å². The van der Waals surface area contributed by atoms with Crippen LogP contribution in [0.5, 0.6) is 0 Å². The molecule has 2 heterocycles. The lowest BCUT2D eigenvalue weighted by atomic mass is 10.0. The van der Waals surface area contributed by atoms with Gasteiger partial charge in [-0.2, -0.15) is 0 Å². The molecule has 0 aliphatic rings. The predicted octanol–water partition coefficient (Wildman–Crippen LogP) is 1.68. The molecule has 3 aromatic rings. The van der Waals surface area contributed by atoms with Gasteiger partial charge in [0, 0.05) is 28.4 Å². The topological polar surface area (TPSA) is 108 Å². The molecule has 0 atom stereocenters. The van der Waals surface area contributed by atoms with Crippen LogP contribution in [0, 0.1) is 6.92 Å². The Morgan fingerprint density at radius 2 is 1.95 bits per heavy atom. The molecule has 3 rings (SSSR count). The zero-order valence-electron chi connectivity index (χ0n) is 11.4. The molecule has 0 unspecified atom stereocenters. The minimum absolute atomic E-state index is 0.0123. The number of benzene rings is 1. The number of nitrogen functional groups attached to an aromatic ring is 1. The quantitative estimate of drug-likeness (QED) is 0.742. The molecule has 104 valence electrons. The van der Waals surface area contributed by atoms with Crippen molar-refractivity contribution in [2.75, 3.05) is 5.73 Å². The van der Waals surface area contributed by atoms with Gasteiger partial charge in [-0.15, -0.1) is 10.2 Å². The number of pyridine rings is 1. The first-order chi connectivity index (χ1) is 10.1. The number of nitrogens with two attached hydrogens (primary N) is 2. The Kier molecular flexibility index (Phi) is 2.98. The van der Waals surface area contributed by atoms with E-state index in [4.69, 9.17) is 11.5 Å². The predicted molar refractivity (Wildman–Crippen MR) is 80.4 cm³/mol. The largest absolute Gasteiger partial charge is 0.396 e. The van der Waals surface area contributed by atoms with Gasteiger partial charge in [-0.1, -0.05) is 24.3 Å². The summed E-state index contributed by atoms with van der Waals surface area (Å²) in [6.07, 6.45) is 1.77. The summed E-state index contributed by atoms with van der Waals surface area (Å²) in [6, 6.07) is 9.42. The summed E-state index contributed by atoms with van der Waals surface area (Å²) in [4.78, 5) is 15.6. The molecule has 0 spiro atoms. The van der Waals surface area contributed by atoms with E-state index in [1.54, 1.807) is 12.3 Å². The van der Waals surface area contributed by atoms with E-state index in [1.807, 2.05) is 31.2 Å². The molecule has 1 aromatic carbocycles. The monoisotopic (exact) mass is 279 g/mol. The molecule has 2 aromatic heterocycles. The van der Waals surface area contributed by atoms with E-state index in [2.05, 4.69) is 15.2 Å². The van der Waals surface area contributed by atoms with Gasteiger partial charge in [0.1, 0.15) is 5.52 Å². The number of aromatic nitrogens is 3. The van der Waals surface area contributed by atoms with Crippen molar-refractivity contribution in [2.45, 2.75) is 6.92 Å². The normalized spacial score (nSPS) is 10.7. The number of nitrogens with zero attached hydrogens (tertiary/aromatic N) is 3. The lowest BCUT2D eigenvalue weighted by Gasteiger charge is -2.08. The Labute approximate surface area is 120 Å². The van der Waals surface area contributed by atoms with E-state index in [-0.39, 0.29) is 11.4 Å². The van der Waals surface area contributed by atoms with Crippen molar-refractivity contribution in [1.29, 1.82) is 0 Å². The second kappa shape index (κ2) is 4.82. The molecule has 0 saturated heterocycles. The third kappa shape index (κ3) is 2.16. The van der Waals surface area contributed by atoms with Crippen LogP contribution in [0.2, 0.25) is 0 Å². The lowest BCUT2D eigenvalue weighted by molar-refractivity contribution is 0.0996. The van der Waals surface area contributed by atoms with Gasteiger partial charge < -0.3 is 11.5 Å². The van der Waals surface area contributed by atoms with Crippen LogP contribution in [0.15, 0.2) is 36.5 Å². The number of carbonyl (C=O) groups excluding carboxylic acids is 1. The van der Waals surface area contributed by atoms with E-state index in [9.17, 15) is 4.79 Å². The first-order valence-corrected chi connectivity index (χ1v) is 6.35. The van der Waals surface area contributed by atoms with Gasteiger partial charge in [-0.05, 0) is 13.0 Å². The van der Waals surface area contributed by atoms with Crippen LogP contribution in [-0.2, 0) is 0 Å². The third-order valence-electron chi connectivity index (χ3n) is 3.29. The molecule has 0 bridgehead atoms. The number of rotatable bonds is 2. The first kappa shape index (κ1) is 13.0. The van der Waals surface area contributed by atoms with Crippen molar-refractivity contribution in [3.63, 3.8) is 0 Å². The Hall–Kier alpha value is -3.02. The van der Waals surface area contributed by atoms with E-state index >= 15 is 0 Å². The minimum atomic E-state index is -0.690. The second-order valence-corrected chi connectivity index (χ2v) is 4.72. The molecule has 6 nitrogen and oxygen atoms in total. The van der Waals surface area contributed by atoms with Crippen molar-refractivity contribution in [3.8, 4) is 11.1 Å². The Balaban J connectivity index is 2.28. The fourth-order valence-electron chi connectivity index (χ4n) is 2.19. The molecule has 0 fully saturated rings. The number of hydrogen-bond donors (Lipinski definition) is 2. The fourth-order valence-corrected chi connectivity index (χ4v) is 2.19. The van der Waals surface area contributed by atoms with Gasteiger partial charge in [0.05, 0.1) is 5.69 Å². The lowest BCUT2D eigenvalue weighted by Crippen LogP contribution is -2.16. The summed E-state index contributed by atoms with van der Waals surface area (Å²) in [5, 5.41) is 8.59. The molecule has 0 radical (unpaired) electrons. The molecule has 0 saturated carbocycles. The van der Waals surface area contributed by atoms with E-state index in [1.165, 1.54) is 0 Å². The van der Waals surface area contributed by atoms with Crippen LogP contribution in [0.25, 0.3) is 22.0 Å². The molecule has 0 aliphatic heterocycles. The number of aryl methyl sites for hydroxylation is 1. The first-order valence-electron chi connectivity index (χ1n) is 6.35. The number of carbonyl (C=O) groups is 1. The standard InChI is InChI=1S/C15H13N5O/c1-8-5-6-9(7-18-8)10-3-2-4-11-12(16)14(15(17)21)20-19-13(10)11/h2-7H,1H3,(H2,16,19)(H2,17,21). The van der Waals surface area contributed by atoms with Crippen LogP contribution in [0.3, 0.4) is 0 Å². The van der Waals surface area contributed by atoms with Crippen molar-refractivity contribution in [3.05, 3.63) is 47.9 Å². The maximum atomic E-state index is 11.3. The number of anilines is 1. The average molecular weight is 279 g/mol. The molecule has 1 amide bonds. The molecule has 0 aliphatic carbocycles. The average Bonchev–Trinajstić information content (AvgIpc) is 2.48. The van der Waals surface area contributed by atoms with E-state index in [0.717, 1.165) is 16.8 Å². The van der Waals surface area contributed by atoms with Crippen molar-refractivity contribution in [1.82, 2.24) is 15.2 Å². The van der Waals surface area contributed by atoms with Crippen molar-refractivity contribution in [2.24, 2.45) is 5.73 Å². The molecule has 21 heavy (non-hydrogen) atoms. The van der Waals surface area contributed by atoms with Crippen molar-refractivity contribution < 1.29 is 4.79 Å². The van der Waals surface area contributed by atoms with Crippen LogP contribution in [0.4, 0.5) is 5.69 Å². The summed E-state index contributed by atoms with van der Waals surface area (Å²) in [6.45, 7) is 1.92. The summed E-state index contributed by atoms with van der Waals surface area (Å²) >= 11 is 0.